The summed E-state index contributed by atoms with van der Waals surface area (Å²) in [6.07, 6.45) is -4.65. The van der Waals surface area contributed by atoms with E-state index in [2.05, 4.69) is 38.4 Å². The third-order valence-electron chi connectivity index (χ3n) is 6.96. The summed E-state index contributed by atoms with van der Waals surface area (Å²) < 4.78 is 67.6. The van der Waals surface area contributed by atoms with Gasteiger partial charge in [0.2, 0.25) is 0 Å². The molecule has 1 aromatic heterocycles. The van der Waals surface area contributed by atoms with Crippen molar-refractivity contribution in [3.8, 4) is 0 Å². The fraction of sp³-hybridized carbons (Fsp3) is 0.440. The second-order valence-electron chi connectivity index (χ2n) is 9.79. The molecule has 0 unspecified atom stereocenters. The van der Waals surface area contributed by atoms with Crippen molar-refractivity contribution < 1.29 is 21.6 Å². The zero-order chi connectivity index (χ0) is 27.1. The first kappa shape index (κ1) is 26.4. The summed E-state index contributed by atoms with van der Waals surface area (Å²) in [5, 5.41) is 0. The van der Waals surface area contributed by atoms with Gasteiger partial charge in [-0.15, -0.1) is 0 Å². The molecule has 0 spiro atoms. The lowest BCUT2D eigenvalue weighted by Crippen LogP contribution is -2.48. The summed E-state index contributed by atoms with van der Waals surface area (Å²) in [4.78, 5) is 18.4. The molecule has 3 aromatic rings. The molecule has 2 aliphatic heterocycles. The van der Waals surface area contributed by atoms with E-state index in [0.29, 0.717) is 17.1 Å². The van der Waals surface area contributed by atoms with Crippen molar-refractivity contribution in [1.29, 1.82) is 0 Å². The first-order valence-corrected chi connectivity index (χ1v) is 13.9. The lowest BCUT2D eigenvalue weighted by Gasteiger charge is -2.38. The number of hydrogen-bond donors (Lipinski definition) is 1. The van der Waals surface area contributed by atoms with Gasteiger partial charge < -0.3 is 19.6 Å². The van der Waals surface area contributed by atoms with E-state index in [9.17, 15) is 21.6 Å². The molecule has 2 aromatic carbocycles. The van der Waals surface area contributed by atoms with Crippen molar-refractivity contribution in [1.82, 2.24) is 19.8 Å². The Morgan fingerprint density at radius 2 is 1.32 bits per heavy atom. The van der Waals surface area contributed by atoms with Crippen LogP contribution in [0.2, 0.25) is 0 Å². The maximum Gasteiger partial charge on any atom is 0.416 e. The molecule has 0 bridgehead atoms. The van der Waals surface area contributed by atoms with Crippen molar-refractivity contribution in [3.05, 3.63) is 48.0 Å². The van der Waals surface area contributed by atoms with Crippen LogP contribution in [-0.2, 0) is 16.2 Å². The highest BCUT2D eigenvalue weighted by Crippen LogP contribution is 2.33. The maximum atomic E-state index is 13.1. The minimum Gasteiger partial charge on any atom is -0.351 e. The summed E-state index contributed by atoms with van der Waals surface area (Å²) in [5.74, 6) is 1.57. The van der Waals surface area contributed by atoms with Crippen LogP contribution in [0.15, 0.2) is 47.4 Å². The van der Waals surface area contributed by atoms with E-state index in [1.165, 1.54) is 0 Å². The van der Waals surface area contributed by atoms with Gasteiger partial charge in [-0.2, -0.15) is 13.2 Å². The molecule has 38 heavy (non-hydrogen) atoms. The van der Waals surface area contributed by atoms with Crippen molar-refractivity contribution in [3.63, 3.8) is 0 Å². The van der Waals surface area contributed by atoms with Gasteiger partial charge in [0.25, 0.3) is 10.0 Å². The van der Waals surface area contributed by atoms with E-state index in [4.69, 9.17) is 9.97 Å². The van der Waals surface area contributed by atoms with Crippen LogP contribution in [0.3, 0.4) is 0 Å². The number of sulfonamides is 1. The number of alkyl halides is 3. The molecule has 2 aliphatic rings. The molecule has 0 amide bonds. The van der Waals surface area contributed by atoms with Crippen LogP contribution in [-0.4, -0.2) is 94.6 Å². The molecular weight excluding hydrogens is 519 g/mol. The Morgan fingerprint density at radius 3 is 1.87 bits per heavy atom. The van der Waals surface area contributed by atoms with Crippen molar-refractivity contribution >= 4 is 38.4 Å². The molecule has 5 rings (SSSR count). The van der Waals surface area contributed by atoms with E-state index < -0.39 is 26.7 Å². The number of nitrogens with zero attached hydrogens (tertiary/aromatic N) is 6. The molecular formula is C25H30F3N7O2S. The normalized spacial score (nSPS) is 18.2. The van der Waals surface area contributed by atoms with E-state index in [-0.39, 0.29) is 5.69 Å². The summed E-state index contributed by atoms with van der Waals surface area (Å²) in [7, 11) is -0.0920. The van der Waals surface area contributed by atoms with Gasteiger partial charge in [-0.25, -0.2) is 18.4 Å². The molecule has 1 N–H and O–H groups in total. The fourth-order valence-corrected chi connectivity index (χ4v) is 5.71. The Kier molecular flexibility index (Phi) is 7.09. The molecule has 0 saturated carbocycles. The number of halogens is 3. The molecule has 204 valence electrons. The molecule has 13 heteroatoms. The number of anilines is 3. The largest absolute Gasteiger partial charge is 0.416 e. The van der Waals surface area contributed by atoms with Gasteiger partial charge in [-0.3, -0.25) is 4.72 Å². The van der Waals surface area contributed by atoms with Gasteiger partial charge in [-0.05, 0) is 50.5 Å². The van der Waals surface area contributed by atoms with Gasteiger partial charge in [0.15, 0.2) is 11.6 Å². The highest BCUT2D eigenvalue weighted by molar-refractivity contribution is 7.92. The number of fused-ring (bicyclic) bond motifs is 1. The van der Waals surface area contributed by atoms with Crippen LogP contribution in [0.1, 0.15) is 5.56 Å². The third-order valence-corrected chi connectivity index (χ3v) is 8.34. The van der Waals surface area contributed by atoms with Crippen LogP contribution in [0.5, 0.6) is 0 Å². The lowest BCUT2D eigenvalue weighted by atomic mass is 10.2. The third kappa shape index (κ3) is 5.64. The van der Waals surface area contributed by atoms with Crippen LogP contribution < -0.4 is 14.5 Å². The first-order valence-electron chi connectivity index (χ1n) is 12.4. The second kappa shape index (κ2) is 10.2. The summed E-state index contributed by atoms with van der Waals surface area (Å²) in [5.41, 5.74) is 0.277. The van der Waals surface area contributed by atoms with Crippen LogP contribution in [0.4, 0.5) is 30.5 Å². The van der Waals surface area contributed by atoms with E-state index in [0.717, 1.165) is 82.2 Å². The molecule has 2 fully saturated rings. The summed E-state index contributed by atoms with van der Waals surface area (Å²) in [6, 6.07) is 8.46. The average molecular weight is 550 g/mol. The van der Waals surface area contributed by atoms with Crippen LogP contribution in [0.25, 0.3) is 11.0 Å². The average Bonchev–Trinajstić information content (AvgIpc) is 2.88. The number of rotatable bonds is 5. The quantitative estimate of drug-likeness (QED) is 0.520. The van der Waals surface area contributed by atoms with Gasteiger partial charge in [-0.1, -0.05) is 6.07 Å². The summed E-state index contributed by atoms with van der Waals surface area (Å²) in [6.45, 7) is 6.84. The van der Waals surface area contributed by atoms with Crippen LogP contribution in [0, 0.1) is 0 Å². The zero-order valence-corrected chi connectivity index (χ0v) is 22.1. The maximum absolute atomic E-state index is 13.1. The highest BCUT2D eigenvalue weighted by Gasteiger charge is 2.32. The molecule has 2 saturated heterocycles. The highest BCUT2D eigenvalue weighted by atomic mass is 32.2. The number of nitrogens with one attached hydrogen (secondary N) is 1. The Hall–Kier alpha value is -3.16. The van der Waals surface area contributed by atoms with Crippen molar-refractivity contribution in [2.45, 2.75) is 11.1 Å². The number of likely N-dealkylation sites (N-methyl/N-ethyl adjacent to an activating group) is 2. The molecule has 9 nitrogen and oxygen atoms in total. The van der Waals surface area contributed by atoms with Crippen molar-refractivity contribution in [2.24, 2.45) is 0 Å². The molecule has 3 heterocycles. The predicted molar refractivity (Wildman–Crippen MR) is 141 cm³/mol. The topological polar surface area (TPSA) is 84.9 Å². The fourth-order valence-electron chi connectivity index (χ4n) is 4.61. The summed E-state index contributed by atoms with van der Waals surface area (Å²) >= 11 is 0. The Balaban J connectivity index is 1.49. The molecule has 0 atom stereocenters. The number of benzene rings is 2. The molecule has 0 aliphatic carbocycles. The second-order valence-corrected chi connectivity index (χ2v) is 11.5. The number of piperazine rings is 2. The standard InChI is InChI=1S/C25H30F3N7O2S/c1-32-8-12-34(13-9-32)23-24(35-14-10-33(2)11-15-35)30-22-17-19(6-7-21(22)29-23)31-38(36,37)20-5-3-4-18(16-20)25(26,27)28/h3-7,16-17,31H,8-15H2,1-2H3. The van der Waals surface area contributed by atoms with Gasteiger partial charge in [0, 0.05) is 52.4 Å². The first-order chi connectivity index (χ1) is 18.0. The number of hydrogen-bond acceptors (Lipinski definition) is 8. The predicted octanol–water partition coefficient (Wildman–Crippen LogP) is 2.95. The lowest BCUT2D eigenvalue weighted by molar-refractivity contribution is -0.137. The minimum absolute atomic E-state index is 0.195. The van der Waals surface area contributed by atoms with E-state index in [1.54, 1.807) is 18.2 Å². The Morgan fingerprint density at radius 1 is 0.763 bits per heavy atom. The number of aromatic nitrogens is 2. The van der Waals surface area contributed by atoms with Gasteiger partial charge in [0.05, 0.1) is 27.2 Å². The van der Waals surface area contributed by atoms with Gasteiger partial charge >= 0.3 is 6.18 Å². The zero-order valence-electron chi connectivity index (χ0n) is 21.2. The smallest absolute Gasteiger partial charge is 0.351 e. The minimum atomic E-state index is -4.65. The van der Waals surface area contributed by atoms with Crippen LogP contribution >= 0.6 is 0 Å². The van der Waals surface area contributed by atoms with Gasteiger partial charge in [0.1, 0.15) is 0 Å². The monoisotopic (exact) mass is 549 g/mol. The Labute approximate surface area is 219 Å². The molecule has 0 radical (unpaired) electrons. The SMILES string of the molecule is CN1CCN(c2nc3ccc(NS(=O)(=O)c4cccc(C(F)(F)F)c4)cc3nc2N2CCN(C)CC2)CC1. The van der Waals surface area contributed by atoms with E-state index >= 15 is 0 Å². The Bertz CT molecular complexity index is 1420. The van der Waals surface area contributed by atoms with Crippen molar-refractivity contribution in [2.75, 3.05) is 81.0 Å². The van der Waals surface area contributed by atoms with E-state index in [1.807, 2.05) is 0 Å².